The number of imidazole rings is 1. The SMILES string of the molecule is CCOC(=O)c1nc2c([nH]1)CN([C@H]1CO[C@@H](c3cc(F)ccc3F)[C@@H](NC(=O)OC(C)(C)C)C1)C2. The lowest BCUT2D eigenvalue weighted by Crippen LogP contribution is -2.52. The van der Waals surface area contributed by atoms with E-state index in [1.54, 1.807) is 27.7 Å². The van der Waals surface area contributed by atoms with Gasteiger partial charge in [-0.05, 0) is 52.3 Å². The van der Waals surface area contributed by atoms with Gasteiger partial charge in [-0.15, -0.1) is 0 Å². The first kappa shape index (κ1) is 25.1. The molecule has 1 saturated heterocycles. The van der Waals surface area contributed by atoms with Crippen LogP contribution in [0.15, 0.2) is 18.2 Å². The van der Waals surface area contributed by atoms with Gasteiger partial charge in [0.1, 0.15) is 23.3 Å². The maximum absolute atomic E-state index is 14.6. The Morgan fingerprint density at radius 2 is 2.06 bits per heavy atom. The Labute approximate surface area is 202 Å². The molecule has 2 aliphatic heterocycles. The first-order valence-corrected chi connectivity index (χ1v) is 11.6. The quantitative estimate of drug-likeness (QED) is 0.615. The molecule has 0 bridgehead atoms. The number of nitrogens with one attached hydrogen (secondary N) is 2. The molecule has 2 aromatic rings. The third kappa shape index (κ3) is 5.79. The van der Waals surface area contributed by atoms with Crippen LogP contribution in [0.4, 0.5) is 13.6 Å². The molecule has 1 aromatic heterocycles. The summed E-state index contributed by atoms with van der Waals surface area (Å²) >= 11 is 0. The summed E-state index contributed by atoms with van der Waals surface area (Å²) < 4.78 is 44.9. The van der Waals surface area contributed by atoms with Gasteiger partial charge in [-0.3, -0.25) is 4.90 Å². The molecule has 190 valence electrons. The Bertz CT molecular complexity index is 1080. The summed E-state index contributed by atoms with van der Waals surface area (Å²) in [6.45, 7) is 8.41. The molecule has 9 nitrogen and oxygen atoms in total. The van der Waals surface area contributed by atoms with E-state index >= 15 is 0 Å². The number of aromatic nitrogens is 2. The van der Waals surface area contributed by atoms with Crippen molar-refractivity contribution in [3.63, 3.8) is 0 Å². The average molecular weight is 493 g/mol. The molecule has 0 saturated carbocycles. The van der Waals surface area contributed by atoms with Crippen molar-refractivity contribution >= 4 is 12.1 Å². The van der Waals surface area contributed by atoms with E-state index in [2.05, 4.69) is 20.2 Å². The normalized spacial score (nSPS) is 22.5. The minimum Gasteiger partial charge on any atom is -0.460 e. The molecule has 3 heterocycles. The lowest BCUT2D eigenvalue weighted by Gasteiger charge is -2.40. The number of halogens is 2. The molecule has 0 aliphatic carbocycles. The van der Waals surface area contributed by atoms with Crippen molar-refractivity contribution < 1.29 is 32.6 Å². The van der Waals surface area contributed by atoms with Crippen LogP contribution in [0.25, 0.3) is 0 Å². The molecule has 4 rings (SSSR count). The third-order valence-electron chi connectivity index (χ3n) is 5.89. The van der Waals surface area contributed by atoms with Crippen LogP contribution in [-0.2, 0) is 27.3 Å². The molecule has 1 amide bonds. The van der Waals surface area contributed by atoms with Gasteiger partial charge in [0.15, 0.2) is 0 Å². The highest BCUT2D eigenvalue weighted by Gasteiger charge is 2.40. The van der Waals surface area contributed by atoms with E-state index in [-0.39, 0.29) is 30.6 Å². The second-order valence-corrected chi connectivity index (χ2v) is 9.70. The average Bonchev–Trinajstić information content (AvgIpc) is 3.34. The molecule has 0 spiro atoms. The van der Waals surface area contributed by atoms with Gasteiger partial charge in [0, 0.05) is 24.7 Å². The first-order chi connectivity index (χ1) is 16.5. The zero-order valence-electron chi connectivity index (χ0n) is 20.2. The van der Waals surface area contributed by atoms with Gasteiger partial charge in [0.2, 0.25) is 5.82 Å². The molecule has 1 aromatic carbocycles. The Balaban J connectivity index is 1.50. The van der Waals surface area contributed by atoms with E-state index in [1.807, 2.05) is 0 Å². The summed E-state index contributed by atoms with van der Waals surface area (Å²) in [7, 11) is 0. The van der Waals surface area contributed by atoms with Gasteiger partial charge in [0.25, 0.3) is 0 Å². The smallest absolute Gasteiger partial charge is 0.407 e. The van der Waals surface area contributed by atoms with E-state index in [4.69, 9.17) is 14.2 Å². The number of rotatable bonds is 5. The number of aromatic amines is 1. The van der Waals surface area contributed by atoms with Crippen molar-refractivity contribution in [1.29, 1.82) is 0 Å². The molecule has 3 atom stereocenters. The standard InChI is InChI=1S/C24H30F2N4O5/c1-5-33-22(31)21-27-18-10-30(11-19(18)28-21)14-9-17(29-23(32)35-24(2,3)4)20(34-12-14)15-8-13(25)6-7-16(15)26/h6-8,14,17,20H,5,9-12H2,1-4H3,(H,27,28)(H,29,32)/t14-,17+,20+/m1/s1. The summed E-state index contributed by atoms with van der Waals surface area (Å²) in [5, 5.41) is 2.79. The number of esters is 1. The predicted octanol–water partition coefficient (Wildman–Crippen LogP) is 3.60. The largest absolute Gasteiger partial charge is 0.460 e. The Kier molecular flexibility index (Phi) is 7.09. The van der Waals surface area contributed by atoms with Gasteiger partial charge in [-0.25, -0.2) is 23.4 Å². The van der Waals surface area contributed by atoms with Gasteiger partial charge in [-0.2, -0.15) is 0 Å². The maximum atomic E-state index is 14.6. The van der Waals surface area contributed by atoms with Crippen LogP contribution in [0, 0.1) is 11.6 Å². The second kappa shape index (κ2) is 9.90. The molecule has 2 N–H and O–H groups in total. The van der Waals surface area contributed by atoms with Crippen LogP contribution in [0.1, 0.15) is 67.8 Å². The number of nitrogens with zero attached hydrogens (tertiary/aromatic N) is 2. The fraction of sp³-hybridized carbons (Fsp3) is 0.542. The summed E-state index contributed by atoms with van der Waals surface area (Å²) in [6.07, 6.45) is -1.14. The highest BCUT2D eigenvalue weighted by molar-refractivity contribution is 5.85. The minimum atomic E-state index is -0.886. The van der Waals surface area contributed by atoms with E-state index in [9.17, 15) is 18.4 Å². The minimum absolute atomic E-state index is 0.0388. The Hall–Kier alpha value is -3.05. The van der Waals surface area contributed by atoms with Crippen LogP contribution in [0.2, 0.25) is 0 Å². The van der Waals surface area contributed by atoms with E-state index in [1.165, 1.54) is 0 Å². The van der Waals surface area contributed by atoms with Crippen molar-refractivity contribution in [1.82, 2.24) is 20.2 Å². The number of benzene rings is 1. The van der Waals surface area contributed by atoms with Crippen molar-refractivity contribution in [3.05, 3.63) is 52.6 Å². The topological polar surface area (TPSA) is 106 Å². The van der Waals surface area contributed by atoms with Gasteiger partial charge < -0.3 is 24.5 Å². The Morgan fingerprint density at radius 3 is 2.74 bits per heavy atom. The zero-order chi connectivity index (χ0) is 25.3. The highest BCUT2D eigenvalue weighted by Crippen LogP contribution is 2.35. The first-order valence-electron chi connectivity index (χ1n) is 11.6. The number of hydrogen-bond donors (Lipinski definition) is 2. The fourth-order valence-corrected chi connectivity index (χ4v) is 4.42. The van der Waals surface area contributed by atoms with Crippen LogP contribution < -0.4 is 5.32 Å². The zero-order valence-corrected chi connectivity index (χ0v) is 20.2. The van der Waals surface area contributed by atoms with Gasteiger partial charge >= 0.3 is 12.1 Å². The highest BCUT2D eigenvalue weighted by atomic mass is 19.1. The van der Waals surface area contributed by atoms with Crippen LogP contribution in [0.5, 0.6) is 0 Å². The molecule has 35 heavy (non-hydrogen) atoms. The molecule has 2 aliphatic rings. The molecule has 11 heteroatoms. The maximum Gasteiger partial charge on any atom is 0.407 e. The predicted molar refractivity (Wildman–Crippen MR) is 120 cm³/mol. The monoisotopic (exact) mass is 492 g/mol. The van der Waals surface area contributed by atoms with Crippen molar-refractivity contribution in [2.75, 3.05) is 13.2 Å². The molecular weight excluding hydrogens is 462 g/mol. The third-order valence-corrected chi connectivity index (χ3v) is 5.89. The van der Waals surface area contributed by atoms with Crippen molar-refractivity contribution in [2.24, 2.45) is 0 Å². The Morgan fingerprint density at radius 1 is 1.29 bits per heavy atom. The van der Waals surface area contributed by atoms with Crippen molar-refractivity contribution in [2.45, 2.75) is 71.0 Å². The summed E-state index contributed by atoms with van der Waals surface area (Å²) in [5.41, 5.74) is 0.862. The number of ether oxygens (including phenoxy) is 3. The summed E-state index contributed by atoms with van der Waals surface area (Å²) in [4.78, 5) is 34.0. The number of H-pyrrole nitrogens is 1. The van der Waals surface area contributed by atoms with E-state index in [0.29, 0.717) is 19.5 Å². The number of hydrogen-bond acceptors (Lipinski definition) is 7. The molecule has 0 radical (unpaired) electrons. The second-order valence-electron chi connectivity index (χ2n) is 9.70. The van der Waals surface area contributed by atoms with Crippen LogP contribution >= 0.6 is 0 Å². The molecular formula is C24H30F2N4O5. The van der Waals surface area contributed by atoms with Gasteiger partial charge in [-0.1, -0.05) is 0 Å². The van der Waals surface area contributed by atoms with Gasteiger partial charge in [0.05, 0.1) is 30.6 Å². The molecule has 0 unspecified atom stereocenters. The fourth-order valence-electron chi connectivity index (χ4n) is 4.42. The van der Waals surface area contributed by atoms with Crippen LogP contribution in [0.3, 0.4) is 0 Å². The summed E-state index contributed by atoms with van der Waals surface area (Å²) in [6, 6.07) is 2.37. The lowest BCUT2D eigenvalue weighted by molar-refractivity contribution is -0.0629. The van der Waals surface area contributed by atoms with Crippen LogP contribution in [-0.4, -0.2) is 57.8 Å². The number of amides is 1. The number of fused-ring (bicyclic) bond motifs is 1. The molecule has 1 fully saturated rings. The van der Waals surface area contributed by atoms with Crippen molar-refractivity contribution in [3.8, 4) is 0 Å². The number of carbonyl (C=O) groups excluding carboxylic acids is 2. The number of carbonyl (C=O) groups is 2. The summed E-state index contributed by atoms with van der Waals surface area (Å²) in [5.74, 6) is -1.54. The lowest BCUT2D eigenvalue weighted by atomic mass is 9.92. The van der Waals surface area contributed by atoms with E-state index in [0.717, 1.165) is 29.6 Å². The van der Waals surface area contributed by atoms with E-state index < -0.39 is 41.4 Å². The number of alkyl carbamates (subject to hydrolysis) is 1.